The molecule has 0 saturated carbocycles. The highest BCUT2D eigenvalue weighted by Gasteiger charge is 2.45. The lowest BCUT2D eigenvalue weighted by Crippen LogP contribution is -2.26. The monoisotopic (exact) mass is 466 g/mol. The van der Waals surface area contributed by atoms with Crippen molar-refractivity contribution in [1.82, 2.24) is 4.98 Å². The van der Waals surface area contributed by atoms with E-state index in [2.05, 4.69) is 10.3 Å². The van der Waals surface area contributed by atoms with Crippen molar-refractivity contribution in [3.8, 4) is 17.2 Å². The summed E-state index contributed by atoms with van der Waals surface area (Å²) in [6.45, 7) is 2.33. The number of hydrogen-bond acceptors (Lipinski definition) is 6. The molecule has 1 N–H and O–H groups in total. The fourth-order valence-corrected chi connectivity index (χ4v) is 4.11. The van der Waals surface area contributed by atoms with E-state index in [0.717, 1.165) is 22.6 Å². The second-order valence-corrected chi connectivity index (χ2v) is 8.62. The van der Waals surface area contributed by atoms with Crippen molar-refractivity contribution in [1.29, 1.82) is 0 Å². The molecule has 1 fully saturated rings. The van der Waals surface area contributed by atoms with Crippen molar-refractivity contribution in [2.75, 3.05) is 5.32 Å². The smallest absolute Gasteiger partial charge is 0.329 e. The van der Waals surface area contributed by atoms with Crippen LogP contribution in [0.5, 0.6) is 17.2 Å². The summed E-state index contributed by atoms with van der Waals surface area (Å²) in [5.41, 5.74) is 1.19. The van der Waals surface area contributed by atoms with Gasteiger partial charge < -0.3 is 19.5 Å². The predicted molar refractivity (Wildman–Crippen MR) is 133 cm³/mol. The Hall–Kier alpha value is -4.32. The summed E-state index contributed by atoms with van der Waals surface area (Å²) in [6, 6.07) is 30.2. The fourth-order valence-electron chi connectivity index (χ4n) is 4.11. The van der Waals surface area contributed by atoms with E-state index in [1.807, 2.05) is 104 Å². The highest BCUT2D eigenvalue weighted by molar-refractivity contribution is 5.82. The molecule has 0 bridgehead atoms. The first-order valence-corrected chi connectivity index (χ1v) is 11.5. The molecule has 2 heterocycles. The van der Waals surface area contributed by atoms with Crippen LogP contribution in [0.1, 0.15) is 24.5 Å². The van der Waals surface area contributed by atoms with Crippen LogP contribution in [-0.4, -0.2) is 17.0 Å². The highest BCUT2D eigenvalue weighted by atomic mass is 16.6. The largest absolute Gasteiger partial charge is 0.485 e. The number of benzene rings is 3. The highest BCUT2D eigenvalue weighted by Crippen LogP contribution is 2.39. The van der Waals surface area contributed by atoms with Crippen LogP contribution in [0, 0.1) is 0 Å². The Kier molecular flexibility index (Phi) is 6.35. The Balaban J connectivity index is 1.26. The third-order valence-corrected chi connectivity index (χ3v) is 5.97. The molecule has 176 valence electrons. The Morgan fingerprint density at radius 3 is 2.34 bits per heavy atom. The lowest BCUT2D eigenvalue weighted by atomic mass is 9.91. The lowest BCUT2D eigenvalue weighted by Gasteiger charge is -2.23. The molecule has 4 aromatic rings. The van der Waals surface area contributed by atoms with Gasteiger partial charge in [0.15, 0.2) is 11.6 Å². The first-order valence-electron chi connectivity index (χ1n) is 11.5. The van der Waals surface area contributed by atoms with Crippen molar-refractivity contribution >= 4 is 11.8 Å². The normalized spacial score (nSPS) is 19.1. The molecule has 1 aliphatic heterocycles. The van der Waals surface area contributed by atoms with Gasteiger partial charge in [0.05, 0.1) is 0 Å². The van der Waals surface area contributed by atoms with E-state index >= 15 is 0 Å². The zero-order valence-corrected chi connectivity index (χ0v) is 19.4. The lowest BCUT2D eigenvalue weighted by molar-refractivity contribution is -0.148. The van der Waals surface area contributed by atoms with Gasteiger partial charge in [0.1, 0.15) is 29.7 Å². The van der Waals surface area contributed by atoms with Crippen LogP contribution in [0.3, 0.4) is 0 Å². The van der Waals surface area contributed by atoms with E-state index in [-0.39, 0.29) is 5.97 Å². The topological polar surface area (TPSA) is 69.7 Å². The third-order valence-electron chi connectivity index (χ3n) is 5.97. The average molecular weight is 467 g/mol. The molecule has 3 aromatic carbocycles. The van der Waals surface area contributed by atoms with Gasteiger partial charge in [0.2, 0.25) is 0 Å². The summed E-state index contributed by atoms with van der Waals surface area (Å²) in [6.07, 6.45) is 2.13. The maximum absolute atomic E-state index is 12.8. The first kappa shape index (κ1) is 22.5. The molecule has 1 aromatic heterocycles. The molecule has 0 spiro atoms. The van der Waals surface area contributed by atoms with Gasteiger partial charge >= 0.3 is 5.97 Å². The number of carbonyl (C=O) groups is 1. The molecule has 1 saturated heterocycles. The molecular weight excluding hydrogens is 440 g/mol. The van der Waals surface area contributed by atoms with Gasteiger partial charge in [-0.25, -0.2) is 9.78 Å². The van der Waals surface area contributed by atoms with Crippen LogP contribution in [0.25, 0.3) is 0 Å². The van der Waals surface area contributed by atoms with Crippen LogP contribution >= 0.6 is 0 Å². The number of anilines is 1. The number of para-hydroxylation sites is 1. The number of ether oxygens (including phenoxy) is 3. The molecule has 0 aliphatic carbocycles. The van der Waals surface area contributed by atoms with Crippen LogP contribution < -0.4 is 14.8 Å². The number of rotatable bonds is 8. The maximum Gasteiger partial charge on any atom is 0.329 e. The van der Waals surface area contributed by atoms with Crippen molar-refractivity contribution in [3.05, 3.63) is 114 Å². The van der Waals surface area contributed by atoms with Gasteiger partial charge in [-0.2, -0.15) is 0 Å². The van der Waals surface area contributed by atoms with Crippen molar-refractivity contribution in [2.24, 2.45) is 0 Å². The maximum atomic E-state index is 12.8. The minimum absolute atomic E-state index is 0.322. The van der Waals surface area contributed by atoms with Gasteiger partial charge in [-0.1, -0.05) is 60.7 Å². The van der Waals surface area contributed by atoms with Gasteiger partial charge in [-0.3, -0.25) is 0 Å². The summed E-state index contributed by atoms with van der Waals surface area (Å²) in [7, 11) is 0. The quantitative estimate of drug-likeness (QED) is 0.317. The standard InChI is InChI=1S/C29H26N2O4/c1-29(22-14-16-24(17-15-22)34-23-11-6-3-7-12-23)19-25(28(32)35-29)31-27-26(13-8-18-30-27)33-20-21-9-4-2-5-10-21/h2-18,25H,19-20H2,1H3,(H,30,31). The number of hydrogen-bond donors (Lipinski definition) is 1. The van der Waals surface area contributed by atoms with E-state index in [0.29, 0.717) is 24.6 Å². The minimum atomic E-state index is -0.764. The van der Waals surface area contributed by atoms with Crippen LogP contribution in [0.15, 0.2) is 103 Å². The minimum Gasteiger partial charge on any atom is -0.485 e. The van der Waals surface area contributed by atoms with Gasteiger partial charge in [0, 0.05) is 12.6 Å². The molecule has 5 rings (SSSR count). The number of aromatic nitrogens is 1. The third kappa shape index (κ3) is 5.27. The first-order chi connectivity index (χ1) is 17.1. The predicted octanol–water partition coefficient (Wildman–Crippen LogP) is 6.10. The second-order valence-electron chi connectivity index (χ2n) is 8.62. The molecular formula is C29H26N2O4. The molecule has 1 aliphatic rings. The van der Waals surface area contributed by atoms with E-state index in [1.54, 1.807) is 6.20 Å². The summed E-state index contributed by atoms with van der Waals surface area (Å²) in [5, 5.41) is 3.23. The molecule has 35 heavy (non-hydrogen) atoms. The zero-order chi connectivity index (χ0) is 24.1. The SMILES string of the molecule is CC1(c2ccc(Oc3ccccc3)cc2)CC(Nc2ncccc2OCc2ccccc2)C(=O)O1. The Bertz CT molecular complexity index is 1280. The van der Waals surface area contributed by atoms with Crippen molar-refractivity contribution in [2.45, 2.75) is 31.6 Å². The van der Waals surface area contributed by atoms with E-state index in [1.165, 1.54) is 0 Å². The molecule has 0 radical (unpaired) electrons. The number of cyclic esters (lactones) is 1. The Labute approximate surface area is 204 Å². The molecule has 0 amide bonds. The number of esters is 1. The fraction of sp³-hybridized carbons (Fsp3) is 0.172. The number of nitrogens with one attached hydrogen (secondary N) is 1. The summed E-state index contributed by atoms with van der Waals surface area (Å²) < 4.78 is 17.7. The summed E-state index contributed by atoms with van der Waals surface area (Å²) >= 11 is 0. The van der Waals surface area contributed by atoms with Crippen molar-refractivity contribution < 1.29 is 19.0 Å². The Morgan fingerprint density at radius 2 is 1.60 bits per heavy atom. The van der Waals surface area contributed by atoms with Gasteiger partial charge in [-0.15, -0.1) is 0 Å². The van der Waals surface area contributed by atoms with Gasteiger partial charge in [0.25, 0.3) is 0 Å². The summed E-state index contributed by atoms with van der Waals surface area (Å²) in [5.74, 6) is 2.26. The zero-order valence-electron chi connectivity index (χ0n) is 19.4. The number of pyridine rings is 1. The number of carbonyl (C=O) groups excluding carboxylic acids is 1. The summed E-state index contributed by atoms with van der Waals surface area (Å²) in [4.78, 5) is 17.2. The van der Waals surface area contributed by atoms with Crippen LogP contribution in [0.4, 0.5) is 5.82 Å². The molecule has 6 heteroatoms. The average Bonchev–Trinajstić information content (AvgIpc) is 3.19. The molecule has 6 nitrogen and oxygen atoms in total. The van der Waals surface area contributed by atoms with Crippen molar-refractivity contribution in [3.63, 3.8) is 0 Å². The van der Waals surface area contributed by atoms with Gasteiger partial charge in [-0.05, 0) is 54.4 Å². The van der Waals surface area contributed by atoms with E-state index in [9.17, 15) is 4.79 Å². The Morgan fingerprint density at radius 1 is 0.914 bits per heavy atom. The molecule has 2 atom stereocenters. The van der Waals surface area contributed by atoms with Crippen LogP contribution in [-0.2, 0) is 21.7 Å². The van der Waals surface area contributed by atoms with Crippen LogP contribution in [0.2, 0.25) is 0 Å². The van der Waals surface area contributed by atoms with E-state index < -0.39 is 11.6 Å². The number of nitrogens with zero attached hydrogens (tertiary/aromatic N) is 1. The molecule has 2 unspecified atom stereocenters. The second kappa shape index (κ2) is 9.89. The van der Waals surface area contributed by atoms with E-state index in [4.69, 9.17) is 14.2 Å².